The summed E-state index contributed by atoms with van der Waals surface area (Å²) < 4.78 is 0. The van der Waals surface area contributed by atoms with E-state index >= 15 is 0 Å². The fourth-order valence-corrected chi connectivity index (χ4v) is 2.38. The van der Waals surface area contributed by atoms with Crippen molar-refractivity contribution in [1.29, 1.82) is 5.26 Å². The first-order valence-corrected chi connectivity index (χ1v) is 6.39. The first kappa shape index (κ1) is 14.5. The molecule has 0 aromatic rings. The largest absolute Gasteiger partial charge is 0.277 e. The summed E-state index contributed by atoms with van der Waals surface area (Å²) in [5.41, 5.74) is -0.587. The van der Waals surface area contributed by atoms with Crippen molar-refractivity contribution in [3.05, 3.63) is 0 Å². The van der Waals surface area contributed by atoms with Gasteiger partial charge in [-0.25, -0.2) is 0 Å². The van der Waals surface area contributed by atoms with E-state index in [1.165, 1.54) is 0 Å². The van der Waals surface area contributed by atoms with E-state index < -0.39 is 5.60 Å². The van der Waals surface area contributed by atoms with E-state index in [2.05, 4.69) is 45.8 Å². The number of nitrogens with zero attached hydrogens (tertiary/aromatic N) is 2. The van der Waals surface area contributed by atoms with Crippen LogP contribution in [0.1, 0.15) is 61.3 Å². The van der Waals surface area contributed by atoms with E-state index in [1.807, 2.05) is 13.8 Å². The van der Waals surface area contributed by atoms with E-state index in [9.17, 15) is 0 Å². The number of rotatable bonds is 2. The molecule has 1 fully saturated rings. The summed E-state index contributed by atoms with van der Waals surface area (Å²) in [6.45, 7) is 14.7. The lowest BCUT2D eigenvalue weighted by molar-refractivity contribution is -0.274. The maximum absolute atomic E-state index is 9.11. The second kappa shape index (κ2) is 4.26. The van der Waals surface area contributed by atoms with Crippen LogP contribution in [0.25, 0.3) is 0 Å². The molecular formula is C14H26N2O. The predicted octanol–water partition coefficient (Wildman–Crippen LogP) is 3.51. The van der Waals surface area contributed by atoms with E-state index in [0.717, 1.165) is 12.8 Å². The van der Waals surface area contributed by atoms with Crippen LogP contribution in [-0.4, -0.2) is 22.2 Å². The van der Waals surface area contributed by atoms with E-state index in [4.69, 9.17) is 10.1 Å². The van der Waals surface area contributed by atoms with Gasteiger partial charge in [0, 0.05) is 11.6 Å². The molecule has 1 rings (SSSR count). The molecule has 0 amide bonds. The van der Waals surface area contributed by atoms with Gasteiger partial charge in [0.2, 0.25) is 0 Å². The van der Waals surface area contributed by atoms with Gasteiger partial charge in [0.25, 0.3) is 0 Å². The van der Waals surface area contributed by atoms with Crippen molar-refractivity contribution in [3.8, 4) is 6.07 Å². The molecular weight excluding hydrogens is 212 g/mol. The Morgan fingerprint density at radius 2 is 1.76 bits per heavy atom. The van der Waals surface area contributed by atoms with Gasteiger partial charge in [-0.1, -0.05) is 20.8 Å². The number of hydrogen-bond acceptors (Lipinski definition) is 3. The molecule has 0 aromatic heterocycles. The van der Waals surface area contributed by atoms with Crippen molar-refractivity contribution >= 4 is 0 Å². The van der Waals surface area contributed by atoms with Crippen LogP contribution < -0.4 is 0 Å². The second-order valence-electron chi connectivity index (χ2n) is 7.27. The van der Waals surface area contributed by atoms with Crippen molar-refractivity contribution in [1.82, 2.24) is 5.06 Å². The predicted molar refractivity (Wildman–Crippen MR) is 69.2 cm³/mol. The van der Waals surface area contributed by atoms with Crippen LogP contribution in [0.2, 0.25) is 0 Å². The summed E-state index contributed by atoms with van der Waals surface area (Å²) in [6.07, 6.45) is 2.23. The molecule has 1 saturated heterocycles. The minimum Gasteiger partial charge on any atom is -0.277 e. The Balaban J connectivity index is 2.95. The third-order valence-corrected chi connectivity index (χ3v) is 3.50. The molecule has 1 unspecified atom stereocenters. The third kappa shape index (κ3) is 3.20. The Kier molecular flexibility index (Phi) is 3.63. The smallest absolute Gasteiger partial charge is 0.170 e. The van der Waals surface area contributed by atoms with Crippen molar-refractivity contribution in [2.24, 2.45) is 5.41 Å². The van der Waals surface area contributed by atoms with Gasteiger partial charge < -0.3 is 0 Å². The van der Waals surface area contributed by atoms with Crippen LogP contribution in [0.5, 0.6) is 0 Å². The Morgan fingerprint density at radius 3 is 2.18 bits per heavy atom. The molecule has 0 aliphatic carbocycles. The zero-order valence-electron chi connectivity index (χ0n) is 12.3. The van der Waals surface area contributed by atoms with Crippen LogP contribution in [0.4, 0.5) is 0 Å². The van der Waals surface area contributed by atoms with Crippen LogP contribution in [0.3, 0.4) is 0 Å². The van der Waals surface area contributed by atoms with E-state index in [-0.39, 0.29) is 11.0 Å². The quantitative estimate of drug-likeness (QED) is 0.738. The summed E-state index contributed by atoms with van der Waals surface area (Å²) in [4.78, 5) is 5.97. The Hall–Kier alpha value is -0.590. The van der Waals surface area contributed by atoms with Gasteiger partial charge in [0.05, 0.1) is 6.07 Å². The first-order chi connectivity index (χ1) is 7.49. The third-order valence-electron chi connectivity index (χ3n) is 3.50. The fraction of sp³-hybridized carbons (Fsp3) is 0.929. The number of hydroxylamine groups is 2. The Bertz CT molecular complexity index is 320. The average Bonchev–Trinajstić information content (AvgIpc) is 2.41. The molecule has 17 heavy (non-hydrogen) atoms. The molecule has 0 aromatic carbocycles. The van der Waals surface area contributed by atoms with Gasteiger partial charge >= 0.3 is 0 Å². The van der Waals surface area contributed by atoms with E-state index in [1.54, 1.807) is 0 Å². The summed E-state index contributed by atoms with van der Waals surface area (Å²) in [7, 11) is 0. The highest BCUT2D eigenvalue weighted by Gasteiger charge is 2.47. The van der Waals surface area contributed by atoms with Crippen LogP contribution in [-0.2, 0) is 4.84 Å². The lowest BCUT2D eigenvalue weighted by Gasteiger charge is -2.42. The molecule has 1 aliphatic heterocycles. The van der Waals surface area contributed by atoms with Crippen molar-refractivity contribution in [3.63, 3.8) is 0 Å². The normalized spacial score (nSPS) is 25.9. The second-order valence-corrected chi connectivity index (χ2v) is 7.27. The first-order valence-electron chi connectivity index (χ1n) is 6.39. The fourth-order valence-electron chi connectivity index (χ4n) is 2.38. The molecule has 3 nitrogen and oxygen atoms in total. The lowest BCUT2D eigenvalue weighted by Crippen LogP contribution is -2.51. The van der Waals surface area contributed by atoms with E-state index in [0.29, 0.717) is 6.04 Å². The maximum atomic E-state index is 9.11. The Morgan fingerprint density at radius 1 is 1.24 bits per heavy atom. The summed E-state index contributed by atoms with van der Waals surface area (Å²) in [5.74, 6) is 0. The molecule has 98 valence electrons. The molecule has 0 spiro atoms. The van der Waals surface area contributed by atoms with Gasteiger partial charge in [-0.15, -0.1) is 0 Å². The molecule has 1 aliphatic rings. The highest BCUT2D eigenvalue weighted by atomic mass is 16.7. The van der Waals surface area contributed by atoms with Crippen molar-refractivity contribution in [2.75, 3.05) is 0 Å². The minimum atomic E-state index is -0.759. The van der Waals surface area contributed by atoms with Gasteiger partial charge in [0.15, 0.2) is 5.60 Å². The minimum absolute atomic E-state index is 0.00602. The molecule has 3 heteroatoms. The molecule has 1 heterocycles. The van der Waals surface area contributed by atoms with Crippen molar-refractivity contribution in [2.45, 2.75) is 78.5 Å². The monoisotopic (exact) mass is 238 g/mol. The van der Waals surface area contributed by atoms with Crippen LogP contribution >= 0.6 is 0 Å². The topological polar surface area (TPSA) is 36.3 Å². The molecule has 0 bridgehead atoms. The van der Waals surface area contributed by atoms with Gasteiger partial charge in [-0.2, -0.15) is 10.3 Å². The summed E-state index contributed by atoms with van der Waals surface area (Å²) in [6, 6.07) is 2.58. The zero-order chi connectivity index (χ0) is 13.5. The van der Waals surface area contributed by atoms with Crippen LogP contribution in [0, 0.1) is 16.7 Å². The highest BCUT2D eigenvalue weighted by molar-refractivity contribution is 4.99. The number of hydrogen-bond donors (Lipinski definition) is 0. The molecule has 0 saturated carbocycles. The van der Waals surface area contributed by atoms with Crippen molar-refractivity contribution < 1.29 is 4.84 Å². The van der Waals surface area contributed by atoms with Gasteiger partial charge in [0.1, 0.15) is 0 Å². The van der Waals surface area contributed by atoms with Crippen LogP contribution in [0.15, 0.2) is 0 Å². The SMILES string of the molecule is CC(C)(C#N)ON1C(C(C)(C)C)CCC1(C)C. The zero-order valence-corrected chi connectivity index (χ0v) is 12.3. The highest BCUT2D eigenvalue weighted by Crippen LogP contribution is 2.42. The number of nitriles is 1. The lowest BCUT2D eigenvalue weighted by atomic mass is 9.86. The summed E-state index contributed by atoms with van der Waals surface area (Å²) in [5, 5.41) is 11.2. The average molecular weight is 238 g/mol. The van der Waals surface area contributed by atoms with Gasteiger partial charge in [-0.05, 0) is 46.0 Å². The maximum Gasteiger partial charge on any atom is 0.170 e. The molecule has 0 radical (unpaired) electrons. The summed E-state index contributed by atoms with van der Waals surface area (Å²) >= 11 is 0. The Labute approximate surface area is 106 Å². The molecule has 0 N–H and O–H groups in total. The van der Waals surface area contributed by atoms with Gasteiger partial charge in [-0.3, -0.25) is 4.84 Å². The molecule has 1 atom stereocenters. The standard InChI is InChI=1S/C14H26N2O/c1-12(2,3)11-8-9-13(4,5)16(11)17-14(6,7)10-15/h11H,8-9H2,1-7H3.